The predicted molar refractivity (Wildman–Crippen MR) is 136 cm³/mol. The third-order valence-corrected chi connectivity index (χ3v) is 8.53. The molecule has 1 aliphatic carbocycles. The maximum atomic E-state index is 13.7. The van der Waals surface area contributed by atoms with E-state index in [1.54, 1.807) is 0 Å². The number of hydrogen-bond acceptors (Lipinski definition) is 7. The smallest absolute Gasteiger partial charge is 0.238 e. The average molecular weight is 494 g/mol. The maximum Gasteiger partial charge on any atom is 0.238 e. The molecule has 2 aliphatic heterocycles. The second-order valence-electron chi connectivity index (χ2n) is 8.74. The molecule has 6 rings (SSSR count). The summed E-state index contributed by atoms with van der Waals surface area (Å²) in [6.07, 6.45) is 2.29. The molecule has 1 saturated carbocycles. The molecule has 1 unspecified atom stereocenters. The highest BCUT2D eigenvalue weighted by Gasteiger charge is 2.35. The first-order chi connectivity index (χ1) is 16.8. The van der Waals surface area contributed by atoms with Crippen LogP contribution in [0, 0.1) is 0 Å². The Balaban J connectivity index is 1.25. The lowest BCUT2D eigenvalue weighted by atomic mass is 10.1. The third kappa shape index (κ3) is 4.32. The summed E-state index contributed by atoms with van der Waals surface area (Å²) in [5, 5.41) is 9.88. The van der Waals surface area contributed by atoms with Crippen LogP contribution in [-0.4, -0.2) is 58.5 Å². The second-order valence-corrected chi connectivity index (χ2v) is 10.7. The van der Waals surface area contributed by atoms with Gasteiger partial charge in [-0.2, -0.15) is 0 Å². The minimum atomic E-state index is 0.0133. The van der Waals surface area contributed by atoms with Crippen LogP contribution in [0.1, 0.15) is 30.5 Å². The van der Waals surface area contributed by atoms with Crippen molar-refractivity contribution in [3.8, 4) is 0 Å². The van der Waals surface area contributed by atoms with Gasteiger partial charge in [-0.15, -0.1) is 22.0 Å². The number of carbonyl (C=O) groups excluding carboxylic acids is 1. The Kier molecular flexibility index (Phi) is 6.24. The fourth-order valence-electron chi connectivity index (χ4n) is 4.61. The molecule has 0 spiro atoms. The van der Waals surface area contributed by atoms with Gasteiger partial charge in [0.25, 0.3) is 0 Å². The summed E-state index contributed by atoms with van der Waals surface area (Å²) < 4.78 is 7.76. The first-order valence-corrected chi connectivity index (χ1v) is 13.8. The van der Waals surface area contributed by atoms with E-state index in [1.807, 2.05) is 47.0 Å². The Labute approximate surface area is 207 Å². The van der Waals surface area contributed by atoms with Gasteiger partial charge < -0.3 is 14.5 Å². The minimum absolute atomic E-state index is 0.0133. The van der Waals surface area contributed by atoms with Crippen molar-refractivity contribution in [3.63, 3.8) is 0 Å². The van der Waals surface area contributed by atoms with Crippen molar-refractivity contribution in [3.05, 3.63) is 60.2 Å². The average Bonchev–Trinajstić information content (AvgIpc) is 3.66. The number of ether oxygens (including phenoxy) is 1. The van der Waals surface area contributed by atoms with E-state index in [0.717, 1.165) is 53.4 Å². The molecule has 1 saturated heterocycles. The van der Waals surface area contributed by atoms with Gasteiger partial charge in [0, 0.05) is 29.8 Å². The number of para-hydroxylation sites is 1. The Morgan fingerprint density at radius 3 is 2.59 bits per heavy atom. The molecule has 0 N–H and O–H groups in total. The highest BCUT2D eigenvalue weighted by atomic mass is 32.2. The molecule has 9 heteroatoms. The van der Waals surface area contributed by atoms with Gasteiger partial charge in [0.05, 0.1) is 30.7 Å². The summed E-state index contributed by atoms with van der Waals surface area (Å²) in [7, 11) is 0. The Morgan fingerprint density at radius 2 is 1.79 bits per heavy atom. The largest absolute Gasteiger partial charge is 0.378 e. The van der Waals surface area contributed by atoms with E-state index in [-0.39, 0.29) is 11.9 Å². The molecular weight excluding hydrogens is 466 g/mol. The van der Waals surface area contributed by atoms with Gasteiger partial charge in [0.15, 0.2) is 5.16 Å². The standard InChI is InChI=1S/C25H27N5O2S2/c31-23(17-34-25-27-26-24(29(25)19-10-11-19)28-12-14-32-15-13-28)30-20-8-4-5-9-22(20)33-16-21(30)18-6-2-1-3-7-18/h1-9,19,21H,10-17H2. The molecule has 176 valence electrons. The summed E-state index contributed by atoms with van der Waals surface area (Å²) in [6.45, 7) is 3.09. The molecule has 3 heterocycles. The SMILES string of the molecule is O=C(CSc1nnc(N2CCOCC2)n1C1CC1)N1c2ccccc2SCC1c1ccccc1. The lowest BCUT2D eigenvalue weighted by Crippen LogP contribution is -2.39. The molecule has 1 amide bonds. The van der Waals surface area contributed by atoms with E-state index >= 15 is 0 Å². The van der Waals surface area contributed by atoms with Gasteiger partial charge in [-0.3, -0.25) is 9.36 Å². The topological polar surface area (TPSA) is 63.5 Å². The second kappa shape index (κ2) is 9.64. The van der Waals surface area contributed by atoms with E-state index in [4.69, 9.17) is 4.74 Å². The lowest BCUT2D eigenvalue weighted by Gasteiger charge is -2.37. The van der Waals surface area contributed by atoms with Crippen LogP contribution in [0.15, 0.2) is 64.6 Å². The van der Waals surface area contributed by atoms with Crippen LogP contribution >= 0.6 is 23.5 Å². The Hall–Kier alpha value is -2.49. The number of anilines is 2. The first kappa shape index (κ1) is 22.0. The fourth-order valence-corrected chi connectivity index (χ4v) is 6.64. The molecule has 0 radical (unpaired) electrons. The monoisotopic (exact) mass is 493 g/mol. The number of rotatable bonds is 6. The number of amides is 1. The van der Waals surface area contributed by atoms with Crippen LogP contribution in [0.25, 0.3) is 0 Å². The summed E-state index contributed by atoms with van der Waals surface area (Å²) in [6, 6.07) is 19.0. The maximum absolute atomic E-state index is 13.7. The van der Waals surface area contributed by atoms with Crippen molar-refractivity contribution >= 4 is 41.1 Å². The highest BCUT2D eigenvalue weighted by molar-refractivity contribution is 8.00. The summed E-state index contributed by atoms with van der Waals surface area (Å²) in [5.41, 5.74) is 2.16. The van der Waals surface area contributed by atoms with Gasteiger partial charge in [-0.1, -0.05) is 54.2 Å². The van der Waals surface area contributed by atoms with Crippen molar-refractivity contribution in [2.75, 3.05) is 47.6 Å². The van der Waals surface area contributed by atoms with Gasteiger partial charge in [0.2, 0.25) is 11.9 Å². The summed E-state index contributed by atoms with van der Waals surface area (Å²) >= 11 is 3.33. The van der Waals surface area contributed by atoms with Crippen LogP contribution in [0.2, 0.25) is 0 Å². The number of benzene rings is 2. The molecular formula is C25H27N5O2S2. The van der Waals surface area contributed by atoms with Crippen molar-refractivity contribution in [1.82, 2.24) is 14.8 Å². The molecule has 3 aromatic rings. The minimum Gasteiger partial charge on any atom is -0.378 e. The number of thioether (sulfide) groups is 2. The number of nitrogens with zero attached hydrogens (tertiary/aromatic N) is 5. The molecule has 7 nitrogen and oxygen atoms in total. The van der Waals surface area contributed by atoms with Gasteiger partial charge >= 0.3 is 0 Å². The Bertz CT molecular complexity index is 1160. The number of morpholine rings is 1. The molecule has 1 aromatic heterocycles. The van der Waals surface area contributed by atoms with Gasteiger partial charge in [-0.05, 0) is 30.5 Å². The molecule has 2 fully saturated rings. The zero-order valence-electron chi connectivity index (χ0n) is 18.9. The third-order valence-electron chi connectivity index (χ3n) is 6.46. The van der Waals surface area contributed by atoms with E-state index in [2.05, 4.69) is 43.9 Å². The fraction of sp³-hybridized carbons (Fsp3) is 0.400. The van der Waals surface area contributed by atoms with Crippen LogP contribution in [0.4, 0.5) is 11.6 Å². The molecule has 1 atom stereocenters. The van der Waals surface area contributed by atoms with Crippen LogP contribution < -0.4 is 9.80 Å². The molecule has 3 aliphatic rings. The van der Waals surface area contributed by atoms with E-state index in [0.29, 0.717) is 25.0 Å². The van der Waals surface area contributed by atoms with Gasteiger partial charge in [0.1, 0.15) is 0 Å². The van der Waals surface area contributed by atoms with Crippen molar-refractivity contribution < 1.29 is 9.53 Å². The Morgan fingerprint density at radius 1 is 1.03 bits per heavy atom. The number of carbonyl (C=O) groups is 1. The van der Waals surface area contributed by atoms with Crippen molar-refractivity contribution in [2.24, 2.45) is 0 Å². The normalized spacial score (nSPS) is 20.3. The predicted octanol–water partition coefficient (Wildman–Crippen LogP) is 4.42. The first-order valence-electron chi connectivity index (χ1n) is 11.8. The van der Waals surface area contributed by atoms with Crippen LogP contribution in [-0.2, 0) is 9.53 Å². The van der Waals surface area contributed by atoms with Crippen LogP contribution in [0.3, 0.4) is 0 Å². The van der Waals surface area contributed by atoms with Crippen LogP contribution in [0.5, 0.6) is 0 Å². The van der Waals surface area contributed by atoms with E-state index in [1.165, 1.54) is 17.3 Å². The zero-order valence-corrected chi connectivity index (χ0v) is 20.5. The summed E-state index contributed by atoms with van der Waals surface area (Å²) in [5.74, 6) is 2.19. The molecule has 0 bridgehead atoms. The highest BCUT2D eigenvalue weighted by Crippen LogP contribution is 2.44. The number of aromatic nitrogens is 3. The van der Waals surface area contributed by atoms with Crippen molar-refractivity contribution in [2.45, 2.75) is 35.0 Å². The summed E-state index contributed by atoms with van der Waals surface area (Å²) in [4.78, 5) is 19.1. The van der Waals surface area contributed by atoms with E-state index < -0.39 is 0 Å². The number of hydrogen-bond donors (Lipinski definition) is 0. The molecule has 34 heavy (non-hydrogen) atoms. The quantitative estimate of drug-likeness (QED) is 0.471. The molecule has 2 aromatic carbocycles. The van der Waals surface area contributed by atoms with Crippen molar-refractivity contribution in [1.29, 1.82) is 0 Å². The lowest BCUT2D eigenvalue weighted by molar-refractivity contribution is -0.116. The van der Waals surface area contributed by atoms with Gasteiger partial charge in [-0.25, -0.2) is 0 Å². The number of fused-ring (bicyclic) bond motifs is 1. The van der Waals surface area contributed by atoms with E-state index in [9.17, 15) is 4.79 Å². The zero-order chi connectivity index (χ0) is 22.9.